The number of nitrogens with zero attached hydrogens (tertiary/aromatic N) is 1. The molecular formula is C15H23N3O3. The minimum Gasteiger partial charge on any atom is -0.379 e. The van der Waals surface area contributed by atoms with E-state index in [2.05, 4.69) is 24.5 Å². The summed E-state index contributed by atoms with van der Waals surface area (Å²) in [6.45, 7) is 5.04. The van der Waals surface area contributed by atoms with E-state index in [1.165, 1.54) is 13.1 Å². The molecule has 0 radical (unpaired) electrons. The van der Waals surface area contributed by atoms with Crippen LogP contribution < -0.4 is 10.6 Å². The highest BCUT2D eigenvalue weighted by Crippen LogP contribution is 2.25. The molecule has 0 heterocycles. The van der Waals surface area contributed by atoms with Crippen molar-refractivity contribution in [1.29, 1.82) is 0 Å². The molecule has 21 heavy (non-hydrogen) atoms. The SMILES string of the molecule is CNC(=O)c1ccc(NCCCCC(C)C)c([N+](=O)[O-])c1. The van der Waals surface area contributed by atoms with E-state index in [1.807, 2.05) is 0 Å². The van der Waals surface area contributed by atoms with E-state index in [0.717, 1.165) is 19.3 Å². The van der Waals surface area contributed by atoms with Gasteiger partial charge in [0, 0.05) is 25.2 Å². The normalized spacial score (nSPS) is 10.5. The van der Waals surface area contributed by atoms with Gasteiger partial charge in [0.15, 0.2) is 0 Å². The van der Waals surface area contributed by atoms with Crippen molar-refractivity contribution in [3.05, 3.63) is 33.9 Å². The summed E-state index contributed by atoms with van der Waals surface area (Å²) >= 11 is 0. The van der Waals surface area contributed by atoms with Crippen LogP contribution in [-0.2, 0) is 0 Å². The highest BCUT2D eigenvalue weighted by atomic mass is 16.6. The summed E-state index contributed by atoms with van der Waals surface area (Å²) < 4.78 is 0. The fourth-order valence-electron chi connectivity index (χ4n) is 2.02. The number of nitrogens with one attached hydrogen (secondary N) is 2. The zero-order chi connectivity index (χ0) is 15.8. The first-order valence-electron chi connectivity index (χ1n) is 7.20. The van der Waals surface area contributed by atoms with E-state index < -0.39 is 4.92 Å². The van der Waals surface area contributed by atoms with Crippen LogP contribution in [0.3, 0.4) is 0 Å². The van der Waals surface area contributed by atoms with Crippen molar-refractivity contribution in [2.75, 3.05) is 18.9 Å². The summed E-state index contributed by atoms with van der Waals surface area (Å²) in [5.41, 5.74) is 0.673. The van der Waals surface area contributed by atoms with Crippen LogP contribution >= 0.6 is 0 Å². The predicted octanol–water partition coefficient (Wildman–Crippen LogP) is 3.19. The van der Waals surface area contributed by atoms with E-state index in [9.17, 15) is 14.9 Å². The van der Waals surface area contributed by atoms with Gasteiger partial charge >= 0.3 is 0 Å². The molecular weight excluding hydrogens is 270 g/mol. The molecule has 2 N–H and O–H groups in total. The van der Waals surface area contributed by atoms with Gasteiger partial charge in [0.2, 0.25) is 0 Å². The maximum atomic E-state index is 11.5. The van der Waals surface area contributed by atoms with Gasteiger partial charge in [-0.25, -0.2) is 0 Å². The third-order valence-electron chi connectivity index (χ3n) is 3.21. The fourth-order valence-corrected chi connectivity index (χ4v) is 2.02. The van der Waals surface area contributed by atoms with Crippen molar-refractivity contribution < 1.29 is 9.72 Å². The molecule has 1 amide bonds. The standard InChI is InChI=1S/C15H23N3O3/c1-11(2)6-4-5-9-17-13-8-7-12(15(19)16-3)10-14(13)18(20)21/h7-8,10-11,17H,4-6,9H2,1-3H3,(H,16,19). The second-order valence-corrected chi connectivity index (χ2v) is 5.38. The third-order valence-corrected chi connectivity index (χ3v) is 3.21. The lowest BCUT2D eigenvalue weighted by molar-refractivity contribution is -0.384. The van der Waals surface area contributed by atoms with E-state index in [-0.39, 0.29) is 17.2 Å². The molecule has 0 saturated heterocycles. The summed E-state index contributed by atoms with van der Waals surface area (Å²) in [5, 5.41) is 16.6. The number of rotatable bonds is 8. The number of unbranched alkanes of at least 4 members (excludes halogenated alkanes) is 1. The average Bonchev–Trinajstić information content (AvgIpc) is 2.45. The first-order chi connectivity index (χ1) is 9.95. The zero-order valence-corrected chi connectivity index (χ0v) is 12.8. The van der Waals surface area contributed by atoms with Crippen LogP contribution in [0.15, 0.2) is 18.2 Å². The topological polar surface area (TPSA) is 84.3 Å². The molecule has 0 atom stereocenters. The molecule has 1 aromatic rings. The maximum Gasteiger partial charge on any atom is 0.293 e. The lowest BCUT2D eigenvalue weighted by Crippen LogP contribution is -2.18. The van der Waals surface area contributed by atoms with Crippen LogP contribution in [0.1, 0.15) is 43.5 Å². The molecule has 6 nitrogen and oxygen atoms in total. The lowest BCUT2D eigenvalue weighted by Gasteiger charge is -2.09. The van der Waals surface area contributed by atoms with Crippen LogP contribution in [-0.4, -0.2) is 24.4 Å². The van der Waals surface area contributed by atoms with Gasteiger partial charge in [-0.05, 0) is 24.5 Å². The number of nitro groups is 1. The maximum absolute atomic E-state index is 11.5. The number of hydrogen-bond acceptors (Lipinski definition) is 4. The average molecular weight is 293 g/mol. The Morgan fingerprint density at radius 3 is 2.62 bits per heavy atom. The Kier molecular flexibility index (Phi) is 6.65. The van der Waals surface area contributed by atoms with Gasteiger partial charge in [0.1, 0.15) is 5.69 Å². The van der Waals surface area contributed by atoms with Crippen LogP contribution in [0.25, 0.3) is 0 Å². The number of anilines is 1. The fraction of sp³-hybridized carbons (Fsp3) is 0.533. The Labute approximate surface area is 125 Å². The van der Waals surface area contributed by atoms with E-state index in [1.54, 1.807) is 12.1 Å². The van der Waals surface area contributed by atoms with E-state index >= 15 is 0 Å². The molecule has 0 saturated carbocycles. The molecule has 1 aromatic carbocycles. The summed E-state index contributed by atoms with van der Waals surface area (Å²) in [4.78, 5) is 22.1. The van der Waals surface area contributed by atoms with Gasteiger partial charge in [-0.3, -0.25) is 14.9 Å². The summed E-state index contributed by atoms with van der Waals surface area (Å²) in [6.07, 6.45) is 3.21. The van der Waals surface area contributed by atoms with Gasteiger partial charge < -0.3 is 10.6 Å². The molecule has 0 aliphatic heterocycles. The molecule has 0 bridgehead atoms. The van der Waals surface area contributed by atoms with Crippen molar-refractivity contribution in [2.45, 2.75) is 33.1 Å². The van der Waals surface area contributed by atoms with Gasteiger partial charge in [0.25, 0.3) is 11.6 Å². The third kappa shape index (κ3) is 5.41. The molecule has 0 aromatic heterocycles. The Hall–Kier alpha value is -2.11. The van der Waals surface area contributed by atoms with Crippen LogP contribution in [0, 0.1) is 16.0 Å². The Morgan fingerprint density at radius 2 is 2.05 bits per heavy atom. The lowest BCUT2D eigenvalue weighted by atomic mass is 10.1. The number of nitro benzene ring substituents is 1. The molecule has 6 heteroatoms. The number of carbonyl (C=O) groups is 1. The molecule has 0 fully saturated rings. The van der Waals surface area contributed by atoms with Crippen molar-refractivity contribution in [3.8, 4) is 0 Å². The number of carbonyl (C=O) groups excluding carboxylic acids is 1. The summed E-state index contributed by atoms with van der Waals surface area (Å²) in [5.74, 6) is 0.341. The summed E-state index contributed by atoms with van der Waals surface area (Å²) in [6, 6.07) is 4.47. The van der Waals surface area contributed by atoms with Gasteiger partial charge in [-0.1, -0.05) is 26.7 Å². The van der Waals surface area contributed by atoms with Gasteiger partial charge in [-0.2, -0.15) is 0 Å². The molecule has 116 valence electrons. The highest BCUT2D eigenvalue weighted by Gasteiger charge is 2.16. The number of hydrogen-bond donors (Lipinski definition) is 2. The quantitative estimate of drug-likeness (QED) is 0.438. The molecule has 0 aliphatic carbocycles. The van der Waals surface area contributed by atoms with Crippen molar-refractivity contribution >= 4 is 17.3 Å². The second kappa shape index (κ2) is 8.24. The van der Waals surface area contributed by atoms with Crippen LogP contribution in [0.2, 0.25) is 0 Å². The highest BCUT2D eigenvalue weighted by molar-refractivity contribution is 5.95. The molecule has 0 aliphatic rings. The number of benzene rings is 1. The predicted molar refractivity (Wildman–Crippen MR) is 83.7 cm³/mol. The molecule has 1 rings (SSSR count). The van der Waals surface area contributed by atoms with E-state index in [0.29, 0.717) is 18.2 Å². The second-order valence-electron chi connectivity index (χ2n) is 5.38. The molecule has 0 unspecified atom stereocenters. The zero-order valence-electron chi connectivity index (χ0n) is 12.8. The summed E-state index contributed by atoms with van der Waals surface area (Å²) in [7, 11) is 1.50. The Bertz CT molecular complexity index is 501. The largest absolute Gasteiger partial charge is 0.379 e. The van der Waals surface area contributed by atoms with Crippen LogP contribution in [0.4, 0.5) is 11.4 Å². The first kappa shape index (κ1) is 16.9. The molecule has 0 spiro atoms. The van der Waals surface area contributed by atoms with Crippen molar-refractivity contribution in [1.82, 2.24) is 5.32 Å². The van der Waals surface area contributed by atoms with Gasteiger partial charge in [0.05, 0.1) is 4.92 Å². The number of amides is 1. The van der Waals surface area contributed by atoms with Crippen molar-refractivity contribution in [3.63, 3.8) is 0 Å². The van der Waals surface area contributed by atoms with E-state index in [4.69, 9.17) is 0 Å². The minimum atomic E-state index is -0.469. The Morgan fingerprint density at radius 1 is 1.33 bits per heavy atom. The van der Waals surface area contributed by atoms with Crippen molar-refractivity contribution in [2.24, 2.45) is 5.92 Å². The van der Waals surface area contributed by atoms with Gasteiger partial charge in [-0.15, -0.1) is 0 Å². The Balaban J connectivity index is 2.69. The monoisotopic (exact) mass is 293 g/mol. The van der Waals surface area contributed by atoms with Crippen LogP contribution in [0.5, 0.6) is 0 Å². The first-order valence-corrected chi connectivity index (χ1v) is 7.20. The smallest absolute Gasteiger partial charge is 0.293 e. The minimum absolute atomic E-state index is 0.0695.